The van der Waals surface area contributed by atoms with Crippen molar-refractivity contribution in [2.75, 3.05) is 26.8 Å². The number of rotatable bonds is 5. The van der Waals surface area contributed by atoms with Crippen molar-refractivity contribution in [1.29, 1.82) is 0 Å². The van der Waals surface area contributed by atoms with Crippen LogP contribution in [0, 0.1) is 16.7 Å². The Kier molecular flexibility index (Phi) is 3.81. The SMILES string of the molecule is COc1ccc([C@@H]2C[C@H]2CC(=O)N2C[C@@]3(CO)C[C@@]3(C(F)(F)F)C2)cc1. The van der Waals surface area contributed by atoms with Crippen LogP contribution in [0.5, 0.6) is 5.75 Å². The van der Waals surface area contributed by atoms with E-state index in [9.17, 15) is 23.1 Å². The number of carbonyl (C=O) groups is 1. The number of hydrogen-bond donors (Lipinski definition) is 1. The molecule has 4 nitrogen and oxygen atoms in total. The number of piperidine rings is 1. The number of methoxy groups -OCH3 is 1. The lowest BCUT2D eigenvalue weighted by atomic mass is 9.97. The van der Waals surface area contributed by atoms with Crippen LogP contribution in [0.15, 0.2) is 24.3 Å². The first-order valence-corrected chi connectivity index (χ1v) is 8.85. The van der Waals surface area contributed by atoms with Gasteiger partial charge in [0, 0.05) is 24.9 Å². The van der Waals surface area contributed by atoms with Crippen LogP contribution in [-0.4, -0.2) is 48.9 Å². The second kappa shape index (κ2) is 5.62. The van der Waals surface area contributed by atoms with Gasteiger partial charge in [0.25, 0.3) is 0 Å². The maximum absolute atomic E-state index is 13.4. The van der Waals surface area contributed by atoms with E-state index in [-0.39, 0.29) is 43.7 Å². The molecule has 142 valence electrons. The number of nitrogens with zero attached hydrogens (tertiary/aromatic N) is 1. The van der Waals surface area contributed by atoms with E-state index in [1.165, 1.54) is 4.90 Å². The van der Waals surface area contributed by atoms with Gasteiger partial charge in [-0.15, -0.1) is 0 Å². The number of aliphatic hydroxyl groups is 1. The molecule has 2 saturated carbocycles. The van der Waals surface area contributed by atoms with E-state index >= 15 is 0 Å². The van der Waals surface area contributed by atoms with Crippen LogP contribution in [0.25, 0.3) is 0 Å². The summed E-state index contributed by atoms with van der Waals surface area (Å²) in [4.78, 5) is 13.8. The summed E-state index contributed by atoms with van der Waals surface area (Å²) in [5.41, 5.74) is -1.95. The molecule has 1 saturated heterocycles. The van der Waals surface area contributed by atoms with E-state index in [0.717, 1.165) is 17.7 Å². The molecule has 1 N–H and O–H groups in total. The van der Waals surface area contributed by atoms with Gasteiger partial charge in [-0.25, -0.2) is 0 Å². The molecule has 3 fully saturated rings. The zero-order valence-corrected chi connectivity index (χ0v) is 14.6. The van der Waals surface area contributed by atoms with Gasteiger partial charge in [-0.3, -0.25) is 4.79 Å². The smallest absolute Gasteiger partial charge is 0.396 e. The monoisotopic (exact) mass is 369 g/mol. The number of likely N-dealkylation sites (tertiary alicyclic amines) is 1. The van der Waals surface area contributed by atoms with Crippen molar-refractivity contribution in [2.24, 2.45) is 16.7 Å². The van der Waals surface area contributed by atoms with Crippen molar-refractivity contribution in [3.8, 4) is 5.75 Å². The summed E-state index contributed by atoms with van der Waals surface area (Å²) in [7, 11) is 1.60. The Labute approximate surface area is 149 Å². The quantitative estimate of drug-likeness (QED) is 0.868. The molecule has 1 heterocycles. The number of hydrogen-bond acceptors (Lipinski definition) is 3. The molecule has 0 aromatic heterocycles. The fourth-order valence-corrected chi connectivity index (χ4v) is 4.72. The Morgan fingerprint density at radius 1 is 1.31 bits per heavy atom. The number of benzene rings is 1. The highest BCUT2D eigenvalue weighted by Crippen LogP contribution is 2.74. The number of fused-ring (bicyclic) bond motifs is 1. The first-order chi connectivity index (χ1) is 12.3. The van der Waals surface area contributed by atoms with Gasteiger partial charge in [-0.2, -0.15) is 13.2 Å². The van der Waals surface area contributed by atoms with Crippen LogP contribution >= 0.6 is 0 Å². The lowest BCUT2D eigenvalue weighted by molar-refractivity contribution is -0.194. The molecule has 0 bridgehead atoms. The molecule has 0 radical (unpaired) electrons. The van der Waals surface area contributed by atoms with Gasteiger partial charge in [0.05, 0.1) is 19.1 Å². The second-order valence-corrected chi connectivity index (χ2v) is 8.02. The highest BCUT2D eigenvalue weighted by Gasteiger charge is 2.83. The lowest BCUT2D eigenvalue weighted by Crippen LogP contribution is -2.36. The fourth-order valence-electron chi connectivity index (χ4n) is 4.72. The molecule has 26 heavy (non-hydrogen) atoms. The van der Waals surface area contributed by atoms with Crippen molar-refractivity contribution >= 4 is 5.91 Å². The van der Waals surface area contributed by atoms with E-state index in [4.69, 9.17) is 4.74 Å². The minimum atomic E-state index is -4.38. The molecule has 1 aromatic rings. The zero-order chi connectivity index (χ0) is 18.7. The number of alkyl halides is 3. The predicted molar refractivity (Wildman–Crippen MR) is 87.7 cm³/mol. The topological polar surface area (TPSA) is 49.8 Å². The number of aliphatic hydroxyl groups excluding tert-OH is 1. The van der Waals surface area contributed by atoms with Crippen LogP contribution in [-0.2, 0) is 4.79 Å². The molecule has 1 amide bonds. The Balaban J connectivity index is 1.37. The Hall–Kier alpha value is -1.76. The van der Waals surface area contributed by atoms with E-state index in [2.05, 4.69) is 0 Å². The predicted octanol–water partition coefficient (Wildman–Crippen LogP) is 2.96. The van der Waals surface area contributed by atoms with E-state index in [1.54, 1.807) is 7.11 Å². The molecule has 1 aliphatic heterocycles. The molecule has 3 aliphatic rings. The highest BCUT2D eigenvalue weighted by atomic mass is 19.4. The van der Waals surface area contributed by atoms with Crippen molar-refractivity contribution in [3.63, 3.8) is 0 Å². The van der Waals surface area contributed by atoms with Gasteiger partial charge in [0.1, 0.15) is 5.75 Å². The molecule has 2 aliphatic carbocycles. The summed E-state index contributed by atoms with van der Waals surface area (Å²) in [5, 5.41) is 9.47. The van der Waals surface area contributed by atoms with Gasteiger partial charge in [-0.05, 0) is 42.4 Å². The van der Waals surface area contributed by atoms with Crippen molar-refractivity contribution in [1.82, 2.24) is 4.90 Å². The first-order valence-electron chi connectivity index (χ1n) is 8.85. The van der Waals surface area contributed by atoms with E-state index < -0.39 is 23.6 Å². The summed E-state index contributed by atoms with van der Waals surface area (Å²) < 4.78 is 45.4. The van der Waals surface area contributed by atoms with Gasteiger partial charge in [0.15, 0.2) is 0 Å². The Morgan fingerprint density at radius 3 is 2.54 bits per heavy atom. The summed E-state index contributed by atoms with van der Waals surface area (Å²) in [6.45, 7) is -0.814. The molecule has 1 aromatic carbocycles. The Bertz CT molecular complexity index is 720. The number of halogens is 3. The molecular formula is C19H22F3NO3. The van der Waals surface area contributed by atoms with Crippen LogP contribution in [0.4, 0.5) is 13.2 Å². The van der Waals surface area contributed by atoms with Crippen LogP contribution in [0.3, 0.4) is 0 Å². The molecule has 0 spiro atoms. The Morgan fingerprint density at radius 2 is 2.00 bits per heavy atom. The number of ether oxygens (including phenoxy) is 1. The normalized spacial score (nSPS) is 35.2. The highest BCUT2D eigenvalue weighted by molar-refractivity contribution is 5.78. The van der Waals surface area contributed by atoms with Crippen molar-refractivity contribution in [2.45, 2.75) is 31.4 Å². The second-order valence-electron chi connectivity index (χ2n) is 8.02. The van der Waals surface area contributed by atoms with Gasteiger partial charge < -0.3 is 14.7 Å². The summed E-state index contributed by atoms with van der Waals surface area (Å²) in [6.07, 6.45) is -3.30. The average molecular weight is 369 g/mol. The summed E-state index contributed by atoms with van der Waals surface area (Å²) in [5.74, 6) is 1.00. The van der Waals surface area contributed by atoms with E-state index in [0.29, 0.717) is 0 Å². The van der Waals surface area contributed by atoms with Gasteiger partial charge in [-0.1, -0.05) is 12.1 Å². The fraction of sp³-hybridized carbons (Fsp3) is 0.632. The van der Waals surface area contributed by atoms with Crippen LogP contribution < -0.4 is 4.74 Å². The first kappa shape index (κ1) is 17.6. The molecular weight excluding hydrogens is 347 g/mol. The number of amides is 1. The third kappa shape index (κ3) is 2.51. The molecule has 4 rings (SSSR count). The molecule has 4 atom stereocenters. The van der Waals surface area contributed by atoms with Crippen molar-refractivity contribution < 1.29 is 27.8 Å². The molecule has 7 heteroatoms. The zero-order valence-electron chi connectivity index (χ0n) is 14.6. The van der Waals surface area contributed by atoms with Crippen molar-refractivity contribution in [3.05, 3.63) is 29.8 Å². The maximum atomic E-state index is 13.4. The standard InChI is InChI=1S/C19H22F3NO3/c1-26-14-4-2-12(3-5-14)15-6-13(15)7-16(25)23-9-17(11-24)8-18(17,10-23)19(20,21)22/h2-5,13,15,24H,6-11H2,1H3/t13-,15-,17+,18+/m0/s1. The third-order valence-corrected chi connectivity index (χ3v) is 6.59. The summed E-state index contributed by atoms with van der Waals surface area (Å²) >= 11 is 0. The lowest BCUT2D eigenvalue weighted by Gasteiger charge is -2.22. The van der Waals surface area contributed by atoms with Crippen LogP contribution in [0.1, 0.15) is 30.7 Å². The third-order valence-electron chi connectivity index (χ3n) is 6.59. The summed E-state index contributed by atoms with van der Waals surface area (Å²) in [6, 6.07) is 7.69. The minimum Gasteiger partial charge on any atom is -0.497 e. The van der Waals surface area contributed by atoms with Gasteiger partial charge >= 0.3 is 6.18 Å². The maximum Gasteiger partial charge on any atom is 0.396 e. The molecule has 0 unspecified atom stereocenters. The van der Waals surface area contributed by atoms with Gasteiger partial charge in [0.2, 0.25) is 5.91 Å². The largest absolute Gasteiger partial charge is 0.497 e. The van der Waals surface area contributed by atoms with Crippen LogP contribution in [0.2, 0.25) is 0 Å². The average Bonchev–Trinajstić information content (AvgIpc) is 3.49. The number of carbonyl (C=O) groups excluding carboxylic acids is 1. The minimum absolute atomic E-state index is 0.0156. The van der Waals surface area contributed by atoms with E-state index in [1.807, 2.05) is 24.3 Å².